The van der Waals surface area contributed by atoms with E-state index in [4.69, 9.17) is 21.1 Å². The van der Waals surface area contributed by atoms with Crippen molar-refractivity contribution in [3.63, 3.8) is 0 Å². The number of aromatic nitrogens is 2. The van der Waals surface area contributed by atoms with Crippen LogP contribution < -0.4 is 9.64 Å². The Morgan fingerprint density at radius 2 is 1.92 bits per heavy atom. The van der Waals surface area contributed by atoms with Gasteiger partial charge in [-0.1, -0.05) is 23.7 Å². The van der Waals surface area contributed by atoms with Crippen LogP contribution in [0.4, 0.5) is 5.82 Å². The molecule has 0 atom stereocenters. The first kappa shape index (κ1) is 17.6. The van der Waals surface area contributed by atoms with E-state index in [1.165, 1.54) is 25.7 Å². The molecule has 2 saturated heterocycles. The van der Waals surface area contributed by atoms with Crippen LogP contribution in [0.1, 0.15) is 31.2 Å². The van der Waals surface area contributed by atoms with Crippen LogP contribution in [-0.2, 0) is 11.3 Å². The number of halogens is 1. The molecule has 0 aliphatic carbocycles. The number of ether oxygens (including phenoxy) is 2. The molecular formula is C20H24ClN3O2. The van der Waals surface area contributed by atoms with Crippen LogP contribution in [0.3, 0.4) is 0 Å². The summed E-state index contributed by atoms with van der Waals surface area (Å²) in [5.74, 6) is 1.45. The Labute approximate surface area is 159 Å². The molecule has 1 aromatic heterocycles. The van der Waals surface area contributed by atoms with Gasteiger partial charge >= 0.3 is 0 Å². The van der Waals surface area contributed by atoms with E-state index >= 15 is 0 Å². The van der Waals surface area contributed by atoms with Crippen molar-refractivity contribution in [2.45, 2.75) is 32.3 Å². The van der Waals surface area contributed by atoms with Gasteiger partial charge in [0.25, 0.3) is 0 Å². The van der Waals surface area contributed by atoms with Gasteiger partial charge in [0.2, 0.25) is 5.88 Å². The quantitative estimate of drug-likeness (QED) is 0.807. The molecule has 0 amide bonds. The number of piperidine rings is 1. The van der Waals surface area contributed by atoms with Gasteiger partial charge in [-0.2, -0.15) is 4.98 Å². The van der Waals surface area contributed by atoms with Crippen LogP contribution in [0.5, 0.6) is 5.88 Å². The van der Waals surface area contributed by atoms with E-state index in [1.54, 1.807) is 6.20 Å². The summed E-state index contributed by atoms with van der Waals surface area (Å²) in [6, 6.07) is 7.66. The van der Waals surface area contributed by atoms with Gasteiger partial charge in [0.15, 0.2) is 5.82 Å². The number of hydrogen-bond acceptors (Lipinski definition) is 5. The highest BCUT2D eigenvalue weighted by Gasteiger charge is 2.36. The summed E-state index contributed by atoms with van der Waals surface area (Å²) in [5, 5.41) is 0.710. The Morgan fingerprint density at radius 3 is 2.69 bits per heavy atom. The minimum absolute atomic E-state index is 0.432. The number of nitrogens with zero attached hydrogens (tertiary/aromatic N) is 3. The van der Waals surface area contributed by atoms with Gasteiger partial charge < -0.3 is 14.4 Å². The molecule has 5 nitrogen and oxygen atoms in total. The molecule has 138 valence electrons. The third kappa shape index (κ3) is 4.10. The molecule has 2 fully saturated rings. The molecule has 0 radical (unpaired) electrons. The Bertz CT molecular complexity index is 739. The molecule has 2 aliphatic rings. The molecule has 0 saturated carbocycles. The van der Waals surface area contributed by atoms with Crippen molar-refractivity contribution >= 4 is 17.4 Å². The van der Waals surface area contributed by atoms with Crippen LogP contribution in [0.25, 0.3) is 0 Å². The van der Waals surface area contributed by atoms with Crippen LogP contribution in [0.2, 0.25) is 5.02 Å². The largest absolute Gasteiger partial charge is 0.472 e. The van der Waals surface area contributed by atoms with Crippen molar-refractivity contribution in [2.24, 2.45) is 5.41 Å². The lowest BCUT2D eigenvalue weighted by molar-refractivity contribution is 0.00205. The van der Waals surface area contributed by atoms with Gasteiger partial charge in [0.1, 0.15) is 6.61 Å². The van der Waals surface area contributed by atoms with E-state index in [0.29, 0.717) is 22.9 Å². The minimum Gasteiger partial charge on any atom is -0.472 e. The number of rotatable bonds is 4. The van der Waals surface area contributed by atoms with Gasteiger partial charge in [-0.25, -0.2) is 0 Å². The van der Waals surface area contributed by atoms with E-state index in [2.05, 4.69) is 14.9 Å². The van der Waals surface area contributed by atoms with Crippen molar-refractivity contribution < 1.29 is 9.47 Å². The molecule has 2 aliphatic heterocycles. The molecule has 1 spiro atoms. The van der Waals surface area contributed by atoms with Crippen LogP contribution in [0, 0.1) is 5.41 Å². The highest BCUT2D eigenvalue weighted by molar-refractivity contribution is 6.30. The van der Waals surface area contributed by atoms with Gasteiger partial charge in [0, 0.05) is 31.3 Å². The average molecular weight is 374 g/mol. The first-order chi connectivity index (χ1) is 12.7. The fourth-order valence-corrected chi connectivity index (χ4v) is 4.07. The minimum atomic E-state index is 0.432. The van der Waals surface area contributed by atoms with E-state index < -0.39 is 0 Å². The van der Waals surface area contributed by atoms with Gasteiger partial charge in [-0.3, -0.25) is 4.98 Å². The second-order valence-corrected chi connectivity index (χ2v) is 7.67. The van der Waals surface area contributed by atoms with Crippen molar-refractivity contribution in [3.05, 3.63) is 47.2 Å². The number of benzene rings is 1. The molecular weight excluding hydrogens is 350 g/mol. The summed E-state index contributed by atoms with van der Waals surface area (Å²) < 4.78 is 11.3. The molecule has 0 bridgehead atoms. The molecule has 6 heteroatoms. The molecule has 3 heterocycles. The maximum absolute atomic E-state index is 6.02. The summed E-state index contributed by atoms with van der Waals surface area (Å²) in [4.78, 5) is 11.3. The second kappa shape index (κ2) is 7.80. The first-order valence-electron chi connectivity index (χ1n) is 9.25. The smallest absolute Gasteiger partial charge is 0.234 e. The third-order valence-corrected chi connectivity index (χ3v) is 5.81. The fraction of sp³-hybridized carbons (Fsp3) is 0.500. The Kier molecular flexibility index (Phi) is 5.27. The Balaban J connectivity index is 1.37. The lowest BCUT2D eigenvalue weighted by Crippen LogP contribution is -2.43. The summed E-state index contributed by atoms with van der Waals surface area (Å²) in [5.41, 5.74) is 1.49. The van der Waals surface area contributed by atoms with Crippen LogP contribution in [-0.4, -0.2) is 36.3 Å². The predicted octanol–water partition coefficient (Wildman–Crippen LogP) is 4.11. The van der Waals surface area contributed by atoms with Crippen molar-refractivity contribution in [1.29, 1.82) is 0 Å². The zero-order chi connectivity index (χ0) is 17.8. The molecule has 2 aromatic rings. The highest BCUT2D eigenvalue weighted by Crippen LogP contribution is 2.41. The maximum atomic E-state index is 6.02. The maximum Gasteiger partial charge on any atom is 0.234 e. The van der Waals surface area contributed by atoms with E-state index in [0.717, 1.165) is 37.7 Å². The first-order valence-corrected chi connectivity index (χ1v) is 9.62. The fourth-order valence-electron chi connectivity index (χ4n) is 3.86. The summed E-state index contributed by atoms with van der Waals surface area (Å²) in [6.45, 7) is 4.29. The van der Waals surface area contributed by atoms with Crippen molar-refractivity contribution in [1.82, 2.24) is 9.97 Å². The van der Waals surface area contributed by atoms with Crippen LogP contribution >= 0.6 is 11.6 Å². The standard InChI is InChI=1S/C20H24ClN3O2/c21-17-3-1-2-16(12-17)15-26-19-14-22-13-18(23-19)24-8-4-20(5-9-24)6-10-25-11-7-20/h1-3,12-14H,4-11,15H2. The molecule has 0 unspecified atom stereocenters. The van der Waals surface area contributed by atoms with Gasteiger partial charge in [-0.05, 0) is 48.8 Å². The highest BCUT2D eigenvalue weighted by atomic mass is 35.5. The molecule has 1 aromatic carbocycles. The van der Waals surface area contributed by atoms with E-state index in [1.807, 2.05) is 30.5 Å². The third-order valence-electron chi connectivity index (χ3n) is 5.58. The van der Waals surface area contributed by atoms with E-state index in [9.17, 15) is 0 Å². The lowest BCUT2D eigenvalue weighted by atomic mass is 9.72. The second-order valence-electron chi connectivity index (χ2n) is 7.23. The normalized spacial score (nSPS) is 19.5. The summed E-state index contributed by atoms with van der Waals surface area (Å²) >= 11 is 6.02. The summed E-state index contributed by atoms with van der Waals surface area (Å²) in [7, 11) is 0. The lowest BCUT2D eigenvalue weighted by Gasteiger charge is -2.44. The molecule has 0 N–H and O–H groups in total. The average Bonchev–Trinajstić information content (AvgIpc) is 2.68. The van der Waals surface area contributed by atoms with Gasteiger partial charge in [0.05, 0.1) is 12.4 Å². The Hall–Kier alpha value is -1.85. The van der Waals surface area contributed by atoms with Crippen molar-refractivity contribution in [3.8, 4) is 5.88 Å². The zero-order valence-electron chi connectivity index (χ0n) is 14.9. The van der Waals surface area contributed by atoms with Crippen molar-refractivity contribution in [2.75, 3.05) is 31.2 Å². The monoisotopic (exact) mass is 373 g/mol. The molecule has 4 rings (SSSR count). The molecule has 26 heavy (non-hydrogen) atoms. The SMILES string of the molecule is Clc1cccc(COc2cncc(N3CCC4(CCOCC4)CC3)n2)c1. The number of anilines is 1. The summed E-state index contributed by atoms with van der Waals surface area (Å²) in [6.07, 6.45) is 8.27. The Morgan fingerprint density at radius 1 is 1.12 bits per heavy atom. The topological polar surface area (TPSA) is 47.5 Å². The number of hydrogen-bond donors (Lipinski definition) is 0. The van der Waals surface area contributed by atoms with E-state index in [-0.39, 0.29) is 0 Å². The predicted molar refractivity (Wildman–Crippen MR) is 102 cm³/mol. The zero-order valence-corrected chi connectivity index (χ0v) is 15.6. The van der Waals surface area contributed by atoms with Gasteiger partial charge in [-0.15, -0.1) is 0 Å². The van der Waals surface area contributed by atoms with Crippen LogP contribution in [0.15, 0.2) is 36.7 Å².